The fourth-order valence-electron chi connectivity index (χ4n) is 3.32. The van der Waals surface area contributed by atoms with Crippen LogP contribution in [0.4, 0.5) is 4.79 Å². The summed E-state index contributed by atoms with van der Waals surface area (Å²) >= 11 is 0. The molecule has 1 aliphatic heterocycles. The standard InChI is InChI=1S/C20H35N5O4/c1-12-13(2)27-16(24-12)11-23-17(21-9)22-10-15-14(3)28-20(7,8)25(15)18(26)29-19(4,5)6/h14-15H,10-11H2,1-9H3,(H2,21,22,23). The predicted molar refractivity (Wildman–Crippen MR) is 111 cm³/mol. The molecule has 2 unspecified atom stereocenters. The molecule has 0 radical (unpaired) electrons. The third kappa shape index (κ3) is 5.85. The van der Waals surface area contributed by atoms with Gasteiger partial charge in [-0.3, -0.25) is 9.89 Å². The van der Waals surface area contributed by atoms with Crippen molar-refractivity contribution < 1.29 is 18.7 Å². The van der Waals surface area contributed by atoms with Gasteiger partial charge in [-0.1, -0.05) is 0 Å². The number of amides is 1. The van der Waals surface area contributed by atoms with Crippen LogP contribution in [-0.4, -0.2) is 59.0 Å². The third-order valence-electron chi connectivity index (χ3n) is 4.70. The minimum absolute atomic E-state index is 0.167. The lowest BCUT2D eigenvalue weighted by molar-refractivity contribution is -0.0755. The molecule has 2 N–H and O–H groups in total. The van der Waals surface area contributed by atoms with E-state index < -0.39 is 17.4 Å². The smallest absolute Gasteiger partial charge is 0.412 e. The molecule has 0 aliphatic carbocycles. The molecule has 2 atom stereocenters. The van der Waals surface area contributed by atoms with E-state index in [-0.39, 0.29) is 12.1 Å². The molecular weight excluding hydrogens is 374 g/mol. The van der Waals surface area contributed by atoms with Crippen molar-refractivity contribution in [1.29, 1.82) is 0 Å². The van der Waals surface area contributed by atoms with Crippen LogP contribution in [0.2, 0.25) is 0 Å². The molecular formula is C20H35N5O4. The molecule has 0 saturated carbocycles. The van der Waals surface area contributed by atoms with Gasteiger partial charge >= 0.3 is 6.09 Å². The molecule has 164 valence electrons. The van der Waals surface area contributed by atoms with Gasteiger partial charge < -0.3 is 24.5 Å². The second-order valence-corrected chi connectivity index (χ2v) is 8.74. The molecule has 0 spiro atoms. The van der Waals surface area contributed by atoms with Gasteiger partial charge in [0, 0.05) is 13.6 Å². The fraction of sp³-hybridized carbons (Fsp3) is 0.750. The van der Waals surface area contributed by atoms with Gasteiger partial charge in [-0.2, -0.15) is 0 Å². The summed E-state index contributed by atoms with van der Waals surface area (Å²) in [4.78, 5) is 23.1. The van der Waals surface area contributed by atoms with Crippen molar-refractivity contribution in [2.24, 2.45) is 4.99 Å². The van der Waals surface area contributed by atoms with Crippen LogP contribution in [0.5, 0.6) is 0 Å². The van der Waals surface area contributed by atoms with E-state index in [4.69, 9.17) is 13.9 Å². The molecule has 2 rings (SSSR count). The Hall–Kier alpha value is -2.29. The Balaban J connectivity index is 2.02. The molecule has 0 aromatic carbocycles. The number of hydrogen-bond donors (Lipinski definition) is 2. The average Bonchev–Trinajstić information content (AvgIpc) is 3.00. The average molecular weight is 410 g/mol. The summed E-state index contributed by atoms with van der Waals surface area (Å²) in [5, 5.41) is 6.43. The SMILES string of the molecule is CN=C(NCc1nc(C)c(C)o1)NCC1C(C)OC(C)(C)N1C(=O)OC(C)(C)C. The summed E-state index contributed by atoms with van der Waals surface area (Å²) in [7, 11) is 1.69. The van der Waals surface area contributed by atoms with Gasteiger partial charge in [-0.25, -0.2) is 9.78 Å². The van der Waals surface area contributed by atoms with Crippen LogP contribution < -0.4 is 10.6 Å². The van der Waals surface area contributed by atoms with Crippen LogP contribution in [0.1, 0.15) is 58.9 Å². The van der Waals surface area contributed by atoms with Crippen molar-refractivity contribution in [3.63, 3.8) is 0 Å². The molecule has 1 aromatic heterocycles. The monoisotopic (exact) mass is 409 g/mol. The van der Waals surface area contributed by atoms with Crippen molar-refractivity contribution in [3.8, 4) is 0 Å². The van der Waals surface area contributed by atoms with Crippen LogP contribution in [0.3, 0.4) is 0 Å². The number of rotatable bonds is 4. The van der Waals surface area contributed by atoms with Gasteiger partial charge in [-0.15, -0.1) is 0 Å². The van der Waals surface area contributed by atoms with Gasteiger partial charge in [0.05, 0.1) is 24.4 Å². The van der Waals surface area contributed by atoms with E-state index >= 15 is 0 Å². The lowest BCUT2D eigenvalue weighted by Crippen LogP contribution is -2.54. The first-order valence-electron chi connectivity index (χ1n) is 9.91. The zero-order valence-corrected chi connectivity index (χ0v) is 19.0. The van der Waals surface area contributed by atoms with Crippen LogP contribution in [-0.2, 0) is 16.0 Å². The summed E-state index contributed by atoms with van der Waals surface area (Å²) in [5.41, 5.74) is -0.476. The van der Waals surface area contributed by atoms with Crippen molar-refractivity contribution in [1.82, 2.24) is 20.5 Å². The number of nitrogens with zero attached hydrogens (tertiary/aromatic N) is 3. The highest BCUT2D eigenvalue weighted by molar-refractivity contribution is 5.79. The lowest BCUT2D eigenvalue weighted by Gasteiger charge is -2.35. The topological polar surface area (TPSA) is 101 Å². The number of aliphatic imine (C=N–C) groups is 1. The fourth-order valence-corrected chi connectivity index (χ4v) is 3.32. The number of guanidine groups is 1. The molecule has 0 bridgehead atoms. The summed E-state index contributed by atoms with van der Waals surface area (Å²) in [6, 6.07) is -0.218. The third-order valence-corrected chi connectivity index (χ3v) is 4.70. The zero-order chi connectivity index (χ0) is 22.0. The molecule has 29 heavy (non-hydrogen) atoms. The number of ether oxygens (including phenoxy) is 2. The quantitative estimate of drug-likeness (QED) is 0.582. The Kier molecular flexibility index (Phi) is 6.82. The van der Waals surface area contributed by atoms with E-state index in [9.17, 15) is 4.79 Å². The van der Waals surface area contributed by atoms with Crippen molar-refractivity contribution >= 4 is 12.1 Å². The van der Waals surface area contributed by atoms with E-state index in [1.807, 2.05) is 55.4 Å². The van der Waals surface area contributed by atoms with E-state index in [1.54, 1.807) is 11.9 Å². The molecule has 1 fully saturated rings. The highest BCUT2D eigenvalue weighted by Gasteiger charge is 2.49. The van der Waals surface area contributed by atoms with Gasteiger partial charge in [0.2, 0.25) is 5.89 Å². The summed E-state index contributed by atoms with van der Waals surface area (Å²) in [6.45, 7) is 15.9. The zero-order valence-electron chi connectivity index (χ0n) is 19.0. The first-order chi connectivity index (χ1) is 13.3. The van der Waals surface area contributed by atoms with E-state index in [2.05, 4.69) is 20.6 Å². The number of carbonyl (C=O) groups excluding carboxylic acids is 1. The molecule has 2 heterocycles. The maximum absolute atomic E-state index is 12.8. The Morgan fingerprint density at radius 1 is 1.31 bits per heavy atom. The van der Waals surface area contributed by atoms with Crippen LogP contribution >= 0.6 is 0 Å². The van der Waals surface area contributed by atoms with Gasteiger partial charge in [0.15, 0.2) is 5.96 Å². The maximum atomic E-state index is 12.8. The molecule has 9 nitrogen and oxygen atoms in total. The number of hydrogen-bond acceptors (Lipinski definition) is 6. The van der Waals surface area contributed by atoms with Gasteiger partial charge in [0.25, 0.3) is 0 Å². The Morgan fingerprint density at radius 3 is 2.48 bits per heavy atom. The van der Waals surface area contributed by atoms with Gasteiger partial charge in [-0.05, 0) is 55.4 Å². The summed E-state index contributed by atoms with van der Waals surface area (Å²) < 4.78 is 17.2. The van der Waals surface area contributed by atoms with E-state index in [0.717, 1.165) is 11.5 Å². The number of oxazole rings is 1. The summed E-state index contributed by atoms with van der Waals surface area (Å²) in [6.07, 6.45) is -0.563. The second kappa shape index (κ2) is 8.61. The minimum atomic E-state index is -0.766. The first-order valence-corrected chi connectivity index (χ1v) is 9.91. The number of aryl methyl sites for hydroxylation is 2. The molecule has 1 saturated heterocycles. The first kappa shape index (κ1) is 23.0. The second-order valence-electron chi connectivity index (χ2n) is 8.74. The molecule has 1 aromatic rings. The minimum Gasteiger partial charge on any atom is -0.444 e. The van der Waals surface area contributed by atoms with E-state index in [1.165, 1.54) is 0 Å². The molecule has 1 aliphatic rings. The maximum Gasteiger partial charge on any atom is 0.412 e. The Morgan fingerprint density at radius 2 is 1.97 bits per heavy atom. The molecule has 9 heteroatoms. The summed E-state index contributed by atoms with van der Waals surface area (Å²) in [5.74, 6) is 1.98. The van der Waals surface area contributed by atoms with Crippen molar-refractivity contribution in [2.75, 3.05) is 13.6 Å². The van der Waals surface area contributed by atoms with Crippen LogP contribution in [0, 0.1) is 13.8 Å². The number of nitrogens with one attached hydrogen (secondary N) is 2. The predicted octanol–water partition coefficient (Wildman–Crippen LogP) is 2.72. The van der Waals surface area contributed by atoms with Crippen molar-refractivity contribution in [2.45, 2.75) is 85.4 Å². The van der Waals surface area contributed by atoms with Crippen molar-refractivity contribution in [3.05, 3.63) is 17.3 Å². The Bertz CT molecular complexity index is 731. The van der Waals surface area contributed by atoms with E-state index in [0.29, 0.717) is 24.9 Å². The number of aromatic nitrogens is 1. The highest BCUT2D eigenvalue weighted by atomic mass is 16.6. The lowest BCUT2D eigenvalue weighted by atomic mass is 10.1. The van der Waals surface area contributed by atoms with Crippen LogP contribution in [0.25, 0.3) is 0 Å². The molecule has 1 amide bonds. The Labute approximate surface area is 173 Å². The highest BCUT2D eigenvalue weighted by Crippen LogP contribution is 2.33. The van der Waals surface area contributed by atoms with Crippen LogP contribution in [0.15, 0.2) is 9.41 Å². The van der Waals surface area contributed by atoms with Gasteiger partial charge in [0.1, 0.15) is 17.1 Å². The number of carbonyl (C=O) groups is 1. The normalized spacial score (nSPS) is 22.0. The largest absolute Gasteiger partial charge is 0.444 e.